The lowest BCUT2D eigenvalue weighted by atomic mass is 10.2. The topological polar surface area (TPSA) is 50.2 Å². The van der Waals surface area contributed by atoms with Crippen molar-refractivity contribution in [2.24, 2.45) is 7.05 Å². The molecule has 2 rings (SSSR count). The summed E-state index contributed by atoms with van der Waals surface area (Å²) in [5.41, 5.74) is 0.991. The molecule has 0 spiro atoms. The zero-order valence-corrected chi connectivity index (χ0v) is 14.3. The number of urea groups is 1. The van der Waals surface area contributed by atoms with Gasteiger partial charge in [0, 0.05) is 19.0 Å². The van der Waals surface area contributed by atoms with Crippen molar-refractivity contribution < 1.29 is 4.79 Å². The number of hydrogen-bond donors (Lipinski definition) is 1. The SMILES string of the molecule is CSc1ncc(CNC(=O)N(C)[C@H](C)c2cccs2)n1C. The quantitative estimate of drug-likeness (QED) is 0.860. The van der Waals surface area contributed by atoms with Crippen LogP contribution in [0.1, 0.15) is 23.5 Å². The van der Waals surface area contributed by atoms with Gasteiger partial charge in [-0.05, 0) is 24.6 Å². The Morgan fingerprint density at radius 2 is 2.38 bits per heavy atom. The summed E-state index contributed by atoms with van der Waals surface area (Å²) in [6.07, 6.45) is 3.79. The molecule has 2 heterocycles. The first kappa shape index (κ1) is 15.9. The Morgan fingerprint density at radius 1 is 1.62 bits per heavy atom. The maximum absolute atomic E-state index is 12.2. The van der Waals surface area contributed by atoms with E-state index in [0.29, 0.717) is 6.54 Å². The number of aromatic nitrogens is 2. The van der Waals surface area contributed by atoms with E-state index in [1.54, 1.807) is 34.2 Å². The minimum Gasteiger partial charge on any atom is -0.332 e. The summed E-state index contributed by atoms with van der Waals surface area (Å²) < 4.78 is 1.99. The number of nitrogens with zero attached hydrogens (tertiary/aromatic N) is 3. The van der Waals surface area contributed by atoms with Crippen molar-refractivity contribution in [2.45, 2.75) is 24.7 Å². The largest absolute Gasteiger partial charge is 0.332 e. The summed E-state index contributed by atoms with van der Waals surface area (Å²) in [7, 11) is 3.77. The van der Waals surface area contributed by atoms with Crippen molar-refractivity contribution >= 4 is 29.1 Å². The van der Waals surface area contributed by atoms with Gasteiger partial charge in [-0.2, -0.15) is 0 Å². The molecule has 0 radical (unpaired) electrons. The summed E-state index contributed by atoms with van der Waals surface area (Å²) in [4.78, 5) is 19.4. The average molecular weight is 324 g/mol. The number of thiophene rings is 1. The predicted octanol–water partition coefficient (Wildman–Crippen LogP) is 3.11. The first-order valence-corrected chi connectivity index (χ1v) is 8.73. The van der Waals surface area contributed by atoms with Crippen LogP contribution in [0, 0.1) is 0 Å². The second-order valence-corrected chi connectivity index (χ2v) is 6.51. The lowest BCUT2D eigenvalue weighted by molar-refractivity contribution is 0.194. The highest BCUT2D eigenvalue weighted by atomic mass is 32.2. The van der Waals surface area contributed by atoms with Gasteiger partial charge in [-0.15, -0.1) is 11.3 Å². The molecule has 2 aromatic heterocycles. The molecular weight excluding hydrogens is 304 g/mol. The number of rotatable bonds is 5. The molecule has 0 aliphatic rings. The normalized spacial score (nSPS) is 12.2. The molecular formula is C14H20N4OS2. The molecule has 0 saturated carbocycles. The van der Waals surface area contributed by atoms with Gasteiger partial charge in [-0.3, -0.25) is 0 Å². The van der Waals surface area contributed by atoms with Gasteiger partial charge in [0.25, 0.3) is 0 Å². The second kappa shape index (κ2) is 7.00. The molecule has 5 nitrogen and oxygen atoms in total. The van der Waals surface area contributed by atoms with Crippen molar-refractivity contribution in [2.75, 3.05) is 13.3 Å². The summed E-state index contributed by atoms with van der Waals surface area (Å²) in [5.74, 6) is 0. The summed E-state index contributed by atoms with van der Waals surface area (Å²) in [5, 5.41) is 5.91. The van der Waals surface area contributed by atoms with Crippen molar-refractivity contribution in [3.63, 3.8) is 0 Å². The average Bonchev–Trinajstić information content (AvgIpc) is 3.13. The van der Waals surface area contributed by atoms with E-state index in [4.69, 9.17) is 0 Å². The third kappa shape index (κ3) is 3.59. The first-order chi connectivity index (χ1) is 10.0. The fourth-order valence-corrected chi connectivity index (χ4v) is 3.34. The number of imidazole rings is 1. The Bertz CT molecular complexity index is 594. The number of hydrogen-bond acceptors (Lipinski definition) is 4. The zero-order valence-electron chi connectivity index (χ0n) is 12.7. The van der Waals surface area contributed by atoms with E-state index in [9.17, 15) is 4.79 Å². The molecule has 7 heteroatoms. The third-order valence-electron chi connectivity index (χ3n) is 3.50. The van der Waals surface area contributed by atoms with Crippen LogP contribution in [-0.4, -0.2) is 33.8 Å². The Morgan fingerprint density at radius 3 is 2.95 bits per heavy atom. The lowest BCUT2D eigenvalue weighted by Crippen LogP contribution is -2.38. The van der Waals surface area contributed by atoms with E-state index in [0.717, 1.165) is 10.9 Å². The predicted molar refractivity (Wildman–Crippen MR) is 87.7 cm³/mol. The van der Waals surface area contributed by atoms with E-state index in [-0.39, 0.29) is 12.1 Å². The van der Waals surface area contributed by atoms with Gasteiger partial charge in [0.15, 0.2) is 5.16 Å². The summed E-state index contributed by atoms with van der Waals surface area (Å²) in [6.45, 7) is 2.51. The molecule has 0 unspecified atom stereocenters. The highest BCUT2D eigenvalue weighted by molar-refractivity contribution is 7.98. The molecule has 1 atom stereocenters. The van der Waals surface area contributed by atoms with Crippen LogP contribution in [0.5, 0.6) is 0 Å². The maximum Gasteiger partial charge on any atom is 0.317 e. The van der Waals surface area contributed by atoms with Crippen molar-refractivity contribution in [3.05, 3.63) is 34.3 Å². The summed E-state index contributed by atoms with van der Waals surface area (Å²) in [6, 6.07) is 4.04. The third-order valence-corrected chi connectivity index (χ3v) is 5.29. The highest BCUT2D eigenvalue weighted by Crippen LogP contribution is 2.23. The van der Waals surface area contributed by atoms with Gasteiger partial charge in [0.1, 0.15) is 0 Å². The zero-order chi connectivity index (χ0) is 15.4. The van der Waals surface area contributed by atoms with Crippen molar-refractivity contribution in [1.29, 1.82) is 0 Å². The fourth-order valence-electron chi connectivity index (χ4n) is 1.97. The Labute approximate surface area is 133 Å². The van der Waals surface area contributed by atoms with Gasteiger partial charge >= 0.3 is 6.03 Å². The molecule has 2 amide bonds. The van der Waals surface area contributed by atoms with Crippen LogP contribution in [0.25, 0.3) is 0 Å². The summed E-state index contributed by atoms with van der Waals surface area (Å²) >= 11 is 3.25. The second-order valence-electron chi connectivity index (χ2n) is 4.76. The molecule has 0 bridgehead atoms. The van der Waals surface area contributed by atoms with Gasteiger partial charge in [0.05, 0.1) is 24.5 Å². The molecule has 0 aromatic carbocycles. The number of thioether (sulfide) groups is 1. The molecule has 1 N–H and O–H groups in total. The van der Waals surface area contributed by atoms with Crippen LogP contribution < -0.4 is 5.32 Å². The minimum absolute atomic E-state index is 0.0679. The molecule has 21 heavy (non-hydrogen) atoms. The molecule has 2 aromatic rings. The number of carbonyl (C=O) groups is 1. The van der Waals surface area contributed by atoms with Gasteiger partial charge < -0.3 is 14.8 Å². The van der Waals surface area contributed by atoms with Crippen LogP contribution >= 0.6 is 23.1 Å². The van der Waals surface area contributed by atoms with Gasteiger partial charge in [0.2, 0.25) is 0 Å². The standard InChI is InChI=1S/C14H20N4OS2/c1-10(12-6-5-7-21-12)17(2)13(19)15-8-11-9-16-14(20-4)18(11)3/h5-7,9-10H,8H2,1-4H3,(H,15,19)/t10-/m1/s1. The molecule has 0 aliphatic heterocycles. The van der Waals surface area contributed by atoms with Crippen LogP contribution in [0.15, 0.2) is 28.9 Å². The van der Waals surface area contributed by atoms with Gasteiger partial charge in [-0.1, -0.05) is 17.8 Å². The van der Waals surface area contributed by atoms with Crippen molar-refractivity contribution in [1.82, 2.24) is 19.8 Å². The van der Waals surface area contributed by atoms with Crippen LogP contribution in [0.3, 0.4) is 0 Å². The first-order valence-electron chi connectivity index (χ1n) is 6.63. The van der Waals surface area contributed by atoms with Crippen LogP contribution in [-0.2, 0) is 13.6 Å². The fraction of sp³-hybridized carbons (Fsp3) is 0.429. The van der Waals surface area contributed by atoms with Crippen LogP contribution in [0.4, 0.5) is 4.79 Å². The Kier molecular flexibility index (Phi) is 5.30. The smallest absolute Gasteiger partial charge is 0.317 e. The van der Waals surface area contributed by atoms with E-state index in [1.165, 1.54) is 4.88 Å². The number of amides is 2. The van der Waals surface area contributed by atoms with E-state index in [2.05, 4.69) is 10.3 Å². The molecule has 0 fully saturated rings. The van der Waals surface area contributed by atoms with E-state index in [1.807, 2.05) is 49.4 Å². The van der Waals surface area contributed by atoms with E-state index >= 15 is 0 Å². The Balaban J connectivity index is 1.93. The molecule has 0 saturated heterocycles. The molecule has 0 aliphatic carbocycles. The number of nitrogens with one attached hydrogen (secondary N) is 1. The molecule has 114 valence electrons. The maximum atomic E-state index is 12.2. The van der Waals surface area contributed by atoms with Crippen LogP contribution in [0.2, 0.25) is 0 Å². The van der Waals surface area contributed by atoms with Crippen molar-refractivity contribution in [3.8, 4) is 0 Å². The highest BCUT2D eigenvalue weighted by Gasteiger charge is 2.18. The van der Waals surface area contributed by atoms with E-state index < -0.39 is 0 Å². The minimum atomic E-state index is -0.0807. The number of carbonyl (C=O) groups excluding carboxylic acids is 1. The monoisotopic (exact) mass is 324 g/mol. The lowest BCUT2D eigenvalue weighted by Gasteiger charge is -2.24. The van der Waals surface area contributed by atoms with Gasteiger partial charge in [-0.25, -0.2) is 9.78 Å². The Hall–Kier alpha value is -1.47.